The van der Waals surface area contributed by atoms with E-state index in [1.54, 1.807) is 0 Å². The van der Waals surface area contributed by atoms with Gasteiger partial charge in [-0.3, -0.25) is 0 Å². The normalized spacial score (nSPS) is 11.6. The summed E-state index contributed by atoms with van der Waals surface area (Å²) in [5.41, 5.74) is 15.6. The smallest absolute Gasteiger partial charge is 0.0775 e. The van der Waals surface area contributed by atoms with E-state index in [1.807, 2.05) is 22.7 Å². The topological polar surface area (TPSA) is 3.24 Å². The molecule has 10 aromatic carbocycles. The lowest BCUT2D eigenvalue weighted by Gasteiger charge is -2.27. The Labute approximate surface area is 426 Å². The Morgan fingerprint density at radius 1 is 0.268 bits per heavy atom. The van der Waals surface area contributed by atoms with E-state index in [4.69, 9.17) is 0 Å². The molecule has 2 aromatic heterocycles. The number of rotatable bonds is 11. The summed E-state index contributed by atoms with van der Waals surface area (Å²) in [6, 6.07) is 94.2. The fourth-order valence-electron chi connectivity index (χ4n) is 10.1. The van der Waals surface area contributed by atoms with E-state index in [2.05, 4.69) is 279 Å². The first-order valence-corrected chi connectivity index (χ1v) is 29.5. The van der Waals surface area contributed by atoms with Gasteiger partial charge in [0, 0.05) is 36.6 Å². The van der Waals surface area contributed by atoms with E-state index >= 15 is 0 Å². The Morgan fingerprint density at radius 3 is 1.21 bits per heavy atom. The Hall–Kier alpha value is -7.86. The first kappa shape index (κ1) is 44.4. The molecule has 0 fully saturated rings. The highest BCUT2D eigenvalue weighted by atomic mass is 32.1. The SMILES string of the molecule is C[Si](C)(C)c1ccc(N(c2ccccc2)c2cccc(-c3ccc4c(-c5cccc(-c6ccc(-c7ccccc7)s6)c5)c5ccccc5c(-c5cccc(-c6ccc(-c7ccccc7)s6)c5)c4c3)c2)cc1. The Bertz CT molecular complexity index is 3850. The van der Waals surface area contributed by atoms with Gasteiger partial charge in [0.1, 0.15) is 0 Å². The zero-order valence-corrected chi connectivity index (χ0v) is 42.6. The highest BCUT2D eigenvalue weighted by molar-refractivity contribution is 7.19. The van der Waals surface area contributed by atoms with E-state index in [-0.39, 0.29) is 0 Å². The fraction of sp³-hybridized carbons (Fsp3) is 0.0448. The summed E-state index contributed by atoms with van der Waals surface area (Å²) >= 11 is 3.70. The molecule has 0 aliphatic rings. The van der Waals surface area contributed by atoms with Gasteiger partial charge in [-0.25, -0.2) is 0 Å². The van der Waals surface area contributed by atoms with Crippen LogP contribution in [0.5, 0.6) is 0 Å². The molecule has 71 heavy (non-hydrogen) atoms. The minimum atomic E-state index is -1.48. The van der Waals surface area contributed by atoms with E-state index in [0.717, 1.165) is 17.1 Å². The zero-order chi connectivity index (χ0) is 47.9. The summed E-state index contributed by atoms with van der Waals surface area (Å²) in [4.78, 5) is 7.45. The lowest BCUT2D eigenvalue weighted by atomic mass is 9.84. The van der Waals surface area contributed by atoms with Crippen molar-refractivity contribution < 1.29 is 0 Å². The molecule has 4 heteroatoms. The number of hydrogen-bond donors (Lipinski definition) is 0. The molecule has 0 amide bonds. The van der Waals surface area contributed by atoms with Crippen molar-refractivity contribution in [1.82, 2.24) is 0 Å². The van der Waals surface area contributed by atoms with Crippen LogP contribution in [0.2, 0.25) is 19.6 Å². The second-order valence-electron chi connectivity index (χ2n) is 19.3. The Kier molecular flexibility index (Phi) is 11.7. The maximum Gasteiger partial charge on any atom is 0.0775 e. The second kappa shape index (κ2) is 18.8. The predicted molar refractivity (Wildman–Crippen MR) is 313 cm³/mol. The quantitative estimate of drug-likeness (QED) is 0.0922. The summed E-state index contributed by atoms with van der Waals surface area (Å²) in [7, 11) is -1.48. The summed E-state index contributed by atoms with van der Waals surface area (Å²) in [6.07, 6.45) is 0. The van der Waals surface area contributed by atoms with Gasteiger partial charge in [0.25, 0.3) is 0 Å². The molecule has 0 saturated heterocycles. The maximum atomic E-state index is 2.45. The third kappa shape index (κ3) is 8.76. The predicted octanol–water partition coefficient (Wildman–Crippen LogP) is 19.8. The largest absolute Gasteiger partial charge is 0.310 e. The van der Waals surface area contributed by atoms with Crippen molar-refractivity contribution in [2.45, 2.75) is 19.6 Å². The standard InChI is InChI=1S/C67H51NS2Si/c1-71(2,3)57-35-33-55(34-36-57)68(54-27-11-6-12-28-54)56-29-17-22-48(44-56)49-32-37-60-61(45-49)67(53-26-16-24-51(43-53)65-41-39-63(70-65)47-20-9-5-10-21-47)59-31-14-13-30-58(59)66(60)52-25-15-23-50(42-52)64-40-38-62(69-64)46-18-7-4-8-19-46/h4-45H,1-3H3. The molecule has 0 bridgehead atoms. The zero-order valence-electron chi connectivity index (χ0n) is 40.0. The molecule has 0 N–H and O–H groups in total. The summed E-state index contributed by atoms with van der Waals surface area (Å²) in [5, 5.41) is 6.39. The van der Waals surface area contributed by atoms with Crippen LogP contribution in [-0.2, 0) is 0 Å². The number of benzene rings is 10. The molecular weight excluding hydrogens is 911 g/mol. The molecule has 340 valence electrons. The second-order valence-corrected chi connectivity index (χ2v) is 26.5. The van der Waals surface area contributed by atoms with Crippen LogP contribution in [0.3, 0.4) is 0 Å². The Morgan fingerprint density at radius 2 is 0.662 bits per heavy atom. The number of thiophene rings is 2. The van der Waals surface area contributed by atoms with Gasteiger partial charge in [0.15, 0.2) is 0 Å². The minimum Gasteiger partial charge on any atom is -0.310 e. The molecular formula is C67H51NS2Si. The molecule has 2 heterocycles. The van der Waals surface area contributed by atoms with E-state index in [0.29, 0.717) is 0 Å². The van der Waals surface area contributed by atoms with Crippen LogP contribution in [0.25, 0.3) is 96.7 Å². The molecule has 12 rings (SSSR count). The highest BCUT2D eigenvalue weighted by Crippen LogP contribution is 2.47. The van der Waals surface area contributed by atoms with Crippen LogP contribution in [-0.4, -0.2) is 8.07 Å². The maximum absolute atomic E-state index is 2.45. The fourth-order valence-corrected chi connectivity index (χ4v) is 13.3. The number of hydrogen-bond acceptors (Lipinski definition) is 3. The van der Waals surface area contributed by atoms with Crippen molar-refractivity contribution in [1.29, 1.82) is 0 Å². The lowest BCUT2D eigenvalue weighted by molar-refractivity contribution is 1.28. The van der Waals surface area contributed by atoms with Crippen LogP contribution in [0.1, 0.15) is 0 Å². The van der Waals surface area contributed by atoms with E-state index in [1.165, 1.54) is 102 Å². The molecule has 0 aliphatic heterocycles. The van der Waals surface area contributed by atoms with Gasteiger partial charge in [-0.15, -0.1) is 22.7 Å². The van der Waals surface area contributed by atoms with Gasteiger partial charge < -0.3 is 4.90 Å². The average Bonchev–Trinajstić information content (AvgIpc) is 4.13. The van der Waals surface area contributed by atoms with Crippen LogP contribution >= 0.6 is 22.7 Å². The summed E-state index contributed by atoms with van der Waals surface area (Å²) in [5.74, 6) is 0. The number of nitrogens with zero attached hydrogens (tertiary/aromatic N) is 1. The molecule has 0 unspecified atom stereocenters. The molecule has 0 aliphatic carbocycles. The van der Waals surface area contributed by atoms with Crippen molar-refractivity contribution in [3.8, 4) is 75.1 Å². The third-order valence-electron chi connectivity index (χ3n) is 13.7. The van der Waals surface area contributed by atoms with Crippen molar-refractivity contribution in [2.24, 2.45) is 0 Å². The molecule has 0 saturated carbocycles. The first-order chi connectivity index (χ1) is 34.8. The number of anilines is 3. The van der Waals surface area contributed by atoms with Crippen molar-refractivity contribution in [3.05, 3.63) is 255 Å². The summed E-state index contributed by atoms with van der Waals surface area (Å²) in [6.45, 7) is 7.23. The van der Waals surface area contributed by atoms with E-state index in [9.17, 15) is 0 Å². The number of fused-ring (bicyclic) bond motifs is 2. The molecule has 0 spiro atoms. The summed E-state index contributed by atoms with van der Waals surface area (Å²) < 4.78 is 0. The lowest BCUT2D eigenvalue weighted by Crippen LogP contribution is -2.37. The van der Waals surface area contributed by atoms with Gasteiger partial charge in [0.2, 0.25) is 0 Å². The van der Waals surface area contributed by atoms with Crippen molar-refractivity contribution in [2.75, 3.05) is 4.90 Å². The molecule has 12 aromatic rings. The van der Waals surface area contributed by atoms with Crippen molar-refractivity contribution in [3.63, 3.8) is 0 Å². The van der Waals surface area contributed by atoms with Crippen LogP contribution in [0, 0.1) is 0 Å². The monoisotopic (exact) mass is 961 g/mol. The minimum absolute atomic E-state index is 1.12. The molecule has 0 radical (unpaired) electrons. The van der Waals surface area contributed by atoms with Crippen LogP contribution < -0.4 is 10.1 Å². The van der Waals surface area contributed by atoms with Gasteiger partial charge >= 0.3 is 0 Å². The van der Waals surface area contributed by atoms with Gasteiger partial charge in [-0.1, -0.05) is 201 Å². The van der Waals surface area contributed by atoms with Crippen LogP contribution in [0.15, 0.2) is 255 Å². The van der Waals surface area contributed by atoms with Gasteiger partial charge in [-0.05, 0) is 156 Å². The third-order valence-corrected chi connectivity index (χ3v) is 18.1. The van der Waals surface area contributed by atoms with Gasteiger partial charge in [-0.2, -0.15) is 0 Å². The van der Waals surface area contributed by atoms with Crippen LogP contribution in [0.4, 0.5) is 17.1 Å². The van der Waals surface area contributed by atoms with E-state index < -0.39 is 8.07 Å². The molecule has 0 atom stereocenters. The Balaban J connectivity index is 1.04. The van der Waals surface area contributed by atoms with Crippen molar-refractivity contribution >= 4 is 74.5 Å². The number of para-hydroxylation sites is 1. The average molecular weight is 962 g/mol. The molecule has 1 nitrogen and oxygen atoms in total. The van der Waals surface area contributed by atoms with Gasteiger partial charge in [0.05, 0.1) is 8.07 Å². The first-order valence-electron chi connectivity index (χ1n) is 24.4. The highest BCUT2D eigenvalue weighted by Gasteiger charge is 2.21.